The average Bonchev–Trinajstić information content (AvgIpc) is 2.96. The van der Waals surface area contributed by atoms with E-state index in [0.29, 0.717) is 13.0 Å². The molecule has 0 heterocycles. The molecular formula is C33H35NO4. The van der Waals surface area contributed by atoms with Crippen molar-refractivity contribution in [3.05, 3.63) is 120 Å². The second-order valence-corrected chi connectivity index (χ2v) is 9.37. The molecule has 1 unspecified atom stereocenters. The molecule has 5 nitrogen and oxygen atoms in total. The van der Waals surface area contributed by atoms with Gasteiger partial charge in [0.15, 0.2) is 0 Å². The zero-order valence-corrected chi connectivity index (χ0v) is 21.9. The van der Waals surface area contributed by atoms with E-state index < -0.39 is 12.0 Å². The van der Waals surface area contributed by atoms with Gasteiger partial charge in [-0.05, 0) is 53.6 Å². The lowest BCUT2D eigenvalue weighted by molar-refractivity contribution is -0.148. The molecule has 0 aliphatic heterocycles. The van der Waals surface area contributed by atoms with E-state index in [9.17, 15) is 9.59 Å². The Morgan fingerprint density at radius 1 is 0.763 bits per heavy atom. The summed E-state index contributed by atoms with van der Waals surface area (Å²) < 4.78 is 11.1. The van der Waals surface area contributed by atoms with E-state index in [0.717, 1.165) is 34.7 Å². The first-order chi connectivity index (χ1) is 18.6. The van der Waals surface area contributed by atoms with Crippen LogP contribution in [0.1, 0.15) is 30.0 Å². The van der Waals surface area contributed by atoms with Crippen LogP contribution in [0.4, 0.5) is 4.79 Å². The molecule has 1 amide bonds. The van der Waals surface area contributed by atoms with Crippen molar-refractivity contribution < 1.29 is 19.1 Å². The van der Waals surface area contributed by atoms with E-state index >= 15 is 0 Å². The molecule has 196 valence electrons. The molecule has 0 aliphatic carbocycles. The maximum absolute atomic E-state index is 13.3. The summed E-state index contributed by atoms with van der Waals surface area (Å²) in [4.78, 5) is 28.1. The predicted molar refractivity (Wildman–Crippen MR) is 151 cm³/mol. The van der Waals surface area contributed by atoms with Gasteiger partial charge in [0, 0.05) is 13.1 Å². The van der Waals surface area contributed by atoms with Gasteiger partial charge < -0.3 is 14.4 Å². The van der Waals surface area contributed by atoms with Gasteiger partial charge in [-0.1, -0.05) is 103 Å². The maximum atomic E-state index is 13.3. The standard InChI is InChI=1S/C33H35NO4/c1-2-37-32(35)30(23-29-20-11-19-28-18-9-10-21-31(28)29)24-34(22-12-17-26-13-5-3-6-14-26)33(36)38-25-27-15-7-4-8-16-27/h3-11,13-16,18-21,30H,2,12,17,22-25H2,1H3. The minimum absolute atomic E-state index is 0.183. The lowest BCUT2D eigenvalue weighted by Crippen LogP contribution is -2.40. The minimum Gasteiger partial charge on any atom is -0.466 e. The molecule has 4 aromatic carbocycles. The van der Waals surface area contributed by atoms with Crippen molar-refractivity contribution in [2.45, 2.75) is 32.8 Å². The highest BCUT2D eigenvalue weighted by atomic mass is 16.6. The monoisotopic (exact) mass is 509 g/mol. The first-order valence-corrected chi connectivity index (χ1v) is 13.3. The molecule has 0 aliphatic rings. The number of ether oxygens (including phenoxy) is 2. The highest BCUT2D eigenvalue weighted by Gasteiger charge is 2.27. The molecule has 0 fully saturated rings. The quantitative estimate of drug-likeness (QED) is 0.196. The van der Waals surface area contributed by atoms with Gasteiger partial charge in [0.25, 0.3) is 0 Å². The van der Waals surface area contributed by atoms with Crippen molar-refractivity contribution in [2.24, 2.45) is 5.92 Å². The maximum Gasteiger partial charge on any atom is 0.410 e. The minimum atomic E-state index is -0.512. The Morgan fingerprint density at radius 2 is 1.42 bits per heavy atom. The predicted octanol–water partition coefficient (Wildman–Crippen LogP) is 6.83. The van der Waals surface area contributed by atoms with Crippen LogP contribution in [-0.2, 0) is 33.7 Å². The van der Waals surface area contributed by atoms with Gasteiger partial charge in [-0.25, -0.2) is 4.79 Å². The number of benzene rings is 4. The van der Waals surface area contributed by atoms with Crippen LogP contribution < -0.4 is 0 Å². The number of carbonyl (C=O) groups is 2. The molecule has 0 N–H and O–H groups in total. The van der Waals surface area contributed by atoms with Crippen molar-refractivity contribution in [1.82, 2.24) is 4.90 Å². The topological polar surface area (TPSA) is 55.8 Å². The van der Waals surface area contributed by atoms with Crippen molar-refractivity contribution in [1.29, 1.82) is 0 Å². The lowest BCUT2D eigenvalue weighted by Gasteiger charge is -2.27. The van der Waals surface area contributed by atoms with Crippen molar-refractivity contribution >= 4 is 22.8 Å². The van der Waals surface area contributed by atoms with Gasteiger partial charge in [0.1, 0.15) is 6.61 Å². The summed E-state index contributed by atoms with van der Waals surface area (Å²) in [6, 6.07) is 34.1. The van der Waals surface area contributed by atoms with Crippen LogP contribution in [0, 0.1) is 5.92 Å². The van der Waals surface area contributed by atoms with E-state index in [-0.39, 0.29) is 25.7 Å². The van der Waals surface area contributed by atoms with Crippen LogP contribution in [0.3, 0.4) is 0 Å². The SMILES string of the molecule is CCOC(=O)C(Cc1cccc2ccccc12)CN(CCCc1ccccc1)C(=O)OCc1ccccc1. The molecule has 0 saturated heterocycles. The van der Waals surface area contributed by atoms with Crippen LogP contribution in [0.15, 0.2) is 103 Å². The highest BCUT2D eigenvalue weighted by Crippen LogP contribution is 2.23. The second kappa shape index (κ2) is 14.0. The van der Waals surface area contributed by atoms with Crippen LogP contribution in [0.25, 0.3) is 10.8 Å². The van der Waals surface area contributed by atoms with E-state index in [4.69, 9.17) is 9.47 Å². The Labute approximate surface area is 225 Å². The third-order valence-corrected chi connectivity index (χ3v) is 6.61. The van der Waals surface area contributed by atoms with Crippen molar-refractivity contribution in [3.63, 3.8) is 0 Å². The van der Waals surface area contributed by atoms with Crippen molar-refractivity contribution in [3.8, 4) is 0 Å². The summed E-state index contributed by atoms with van der Waals surface area (Å²) >= 11 is 0. The molecule has 0 radical (unpaired) electrons. The fourth-order valence-corrected chi connectivity index (χ4v) is 4.67. The first-order valence-electron chi connectivity index (χ1n) is 13.3. The van der Waals surface area contributed by atoms with Gasteiger partial charge in [0.05, 0.1) is 12.5 Å². The van der Waals surface area contributed by atoms with Gasteiger partial charge in [-0.3, -0.25) is 4.79 Å². The third kappa shape index (κ3) is 7.69. The summed E-state index contributed by atoms with van der Waals surface area (Å²) in [5.41, 5.74) is 3.19. The number of nitrogens with zero attached hydrogens (tertiary/aromatic N) is 1. The average molecular weight is 510 g/mol. The highest BCUT2D eigenvalue weighted by molar-refractivity contribution is 5.86. The zero-order valence-electron chi connectivity index (χ0n) is 21.9. The van der Waals surface area contributed by atoms with E-state index in [1.54, 1.807) is 11.8 Å². The zero-order chi connectivity index (χ0) is 26.6. The molecule has 0 aromatic heterocycles. The number of carbonyl (C=O) groups excluding carboxylic acids is 2. The molecule has 38 heavy (non-hydrogen) atoms. The van der Waals surface area contributed by atoms with Gasteiger partial charge in [-0.15, -0.1) is 0 Å². The van der Waals surface area contributed by atoms with E-state index in [2.05, 4.69) is 30.3 Å². The number of hydrogen-bond donors (Lipinski definition) is 0. The molecule has 4 aromatic rings. The largest absolute Gasteiger partial charge is 0.466 e. The molecule has 4 rings (SSSR count). The summed E-state index contributed by atoms with van der Waals surface area (Å²) in [7, 11) is 0. The molecule has 1 atom stereocenters. The number of rotatable bonds is 12. The van der Waals surface area contributed by atoms with Crippen LogP contribution in [0.2, 0.25) is 0 Å². The third-order valence-electron chi connectivity index (χ3n) is 6.61. The van der Waals surface area contributed by atoms with Crippen LogP contribution in [-0.4, -0.2) is 36.7 Å². The second-order valence-electron chi connectivity index (χ2n) is 9.37. The summed E-state index contributed by atoms with van der Waals surface area (Å²) in [5, 5.41) is 2.22. The van der Waals surface area contributed by atoms with Gasteiger partial charge in [0.2, 0.25) is 0 Å². The Kier molecular flexibility index (Phi) is 9.91. The van der Waals surface area contributed by atoms with Gasteiger partial charge in [-0.2, -0.15) is 0 Å². The van der Waals surface area contributed by atoms with Crippen molar-refractivity contribution in [2.75, 3.05) is 19.7 Å². The number of amides is 1. The Balaban J connectivity index is 1.52. The summed E-state index contributed by atoms with van der Waals surface area (Å²) in [5.74, 6) is -0.814. The molecule has 0 saturated carbocycles. The number of esters is 1. The number of hydrogen-bond acceptors (Lipinski definition) is 4. The molecule has 0 spiro atoms. The first kappa shape index (κ1) is 26.9. The fraction of sp³-hybridized carbons (Fsp3) is 0.273. The Morgan fingerprint density at radius 3 is 2.16 bits per heavy atom. The van der Waals surface area contributed by atoms with E-state index in [1.165, 1.54) is 5.56 Å². The normalized spacial score (nSPS) is 11.6. The number of fused-ring (bicyclic) bond motifs is 1. The molecular weight excluding hydrogens is 474 g/mol. The lowest BCUT2D eigenvalue weighted by atomic mass is 9.94. The molecule has 5 heteroatoms. The Hall–Kier alpha value is -4.12. The van der Waals surface area contributed by atoms with E-state index in [1.807, 2.05) is 72.8 Å². The van der Waals surface area contributed by atoms with Gasteiger partial charge >= 0.3 is 12.1 Å². The smallest absolute Gasteiger partial charge is 0.410 e. The van der Waals surface area contributed by atoms with Crippen LogP contribution in [0.5, 0.6) is 0 Å². The summed E-state index contributed by atoms with van der Waals surface area (Å²) in [6.07, 6.45) is 1.64. The van der Waals surface area contributed by atoms with Crippen LogP contribution >= 0.6 is 0 Å². The summed E-state index contributed by atoms with van der Waals surface area (Å²) in [6.45, 7) is 2.98. The fourth-order valence-electron chi connectivity index (χ4n) is 4.67. The Bertz CT molecular complexity index is 1300. The molecule has 0 bridgehead atoms. The number of aryl methyl sites for hydroxylation is 1.